The highest BCUT2D eigenvalue weighted by Gasteiger charge is 2.08. The third-order valence-electron chi connectivity index (χ3n) is 1.99. The summed E-state index contributed by atoms with van der Waals surface area (Å²) in [5.41, 5.74) is 2.44. The van der Waals surface area contributed by atoms with E-state index in [-0.39, 0.29) is 0 Å². The standard InChI is InChI=1S/C9H5N5O2/c1-2-6(8-4-15-13-11-8)10-7(3-1)9-5-16-14-12-9/h1-5H. The van der Waals surface area contributed by atoms with Gasteiger partial charge in [-0.15, -0.1) is 10.2 Å². The second-order valence-corrected chi connectivity index (χ2v) is 2.99. The Labute approximate surface area is 89.1 Å². The summed E-state index contributed by atoms with van der Waals surface area (Å²) in [6.45, 7) is 0. The summed E-state index contributed by atoms with van der Waals surface area (Å²) in [6.07, 6.45) is 2.85. The van der Waals surface area contributed by atoms with Crippen LogP contribution in [-0.2, 0) is 0 Å². The van der Waals surface area contributed by atoms with Gasteiger partial charge in [0.25, 0.3) is 0 Å². The van der Waals surface area contributed by atoms with Crippen LogP contribution in [0.4, 0.5) is 0 Å². The van der Waals surface area contributed by atoms with Crippen LogP contribution in [0.5, 0.6) is 0 Å². The van der Waals surface area contributed by atoms with Gasteiger partial charge < -0.3 is 9.05 Å². The molecule has 78 valence electrons. The Hall–Kier alpha value is -2.57. The minimum Gasteiger partial charge on any atom is -0.345 e. The van der Waals surface area contributed by atoms with Gasteiger partial charge in [0, 0.05) is 10.5 Å². The molecule has 0 aliphatic carbocycles. The van der Waals surface area contributed by atoms with Crippen LogP contribution in [0.25, 0.3) is 22.8 Å². The summed E-state index contributed by atoms with van der Waals surface area (Å²) in [6, 6.07) is 5.44. The third-order valence-corrected chi connectivity index (χ3v) is 1.99. The second-order valence-electron chi connectivity index (χ2n) is 2.99. The number of hydrogen-bond donors (Lipinski definition) is 0. The Morgan fingerprint density at radius 3 is 1.75 bits per heavy atom. The summed E-state index contributed by atoms with van der Waals surface area (Å²) in [4.78, 5) is 4.33. The summed E-state index contributed by atoms with van der Waals surface area (Å²) in [5, 5.41) is 14.3. The number of pyridine rings is 1. The largest absolute Gasteiger partial charge is 0.345 e. The molecule has 3 rings (SSSR count). The molecule has 0 spiro atoms. The maximum Gasteiger partial charge on any atom is 0.153 e. The van der Waals surface area contributed by atoms with Crippen LogP contribution >= 0.6 is 0 Å². The first-order chi connectivity index (χ1) is 7.93. The molecule has 3 aromatic rings. The van der Waals surface area contributed by atoms with E-state index in [4.69, 9.17) is 0 Å². The molecule has 0 N–H and O–H groups in total. The van der Waals surface area contributed by atoms with E-state index in [9.17, 15) is 0 Å². The molecule has 0 unspecified atom stereocenters. The Morgan fingerprint density at radius 2 is 1.31 bits per heavy atom. The van der Waals surface area contributed by atoms with Crippen molar-refractivity contribution >= 4 is 0 Å². The number of nitrogens with zero attached hydrogens (tertiary/aromatic N) is 5. The summed E-state index contributed by atoms with van der Waals surface area (Å²) < 4.78 is 9.30. The van der Waals surface area contributed by atoms with Crippen molar-refractivity contribution in [2.45, 2.75) is 0 Å². The molecular weight excluding hydrogens is 210 g/mol. The third kappa shape index (κ3) is 1.44. The maximum atomic E-state index is 4.65. The Balaban J connectivity index is 2.07. The van der Waals surface area contributed by atoms with Gasteiger partial charge in [0.1, 0.15) is 0 Å². The fourth-order valence-electron chi connectivity index (χ4n) is 1.27. The fourth-order valence-corrected chi connectivity index (χ4v) is 1.27. The van der Waals surface area contributed by atoms with Crippen molar-refractivity contribution in [1.29, 1.82) is 0 Å². The SMILES string of the molecule is c1cc(-c2conn2)nc(-c2conn2)c1. The molecule has 7 heteroatoms. The molecule has 0 saturated heterocycles. The van der Waals surface area contributed by atoms with E-state index < -0.39 is 0 Å². The average molecular weight is 215 g/mol. The van der Waals surface area contributed by atoms with Crippen LogP contribution in [-0.4, -0.2) is 25.7 Å². The van der Waals surface area contributed by atoms with Gasteiger partial charge in [-0.05, 0) is 12.1 Å². The normalized spacial score (nSPS) is 10.5. The molecule has 0 atom stereocenters. The number of hydrogen-bond acceptors (Lipinski definition) is 7. The van der Waals surface area contributed by atoms with Gasteiger partial charge in [-0.2, -0.15) is 0 Å². The van der Waals surface area contributed by atoms with Crippen LogP contribution in [0.15, 0.2) is 39.8 Å². The first-order valence-corrected chi connectivity index (χ1v) is 4.45. The number of rotatable bonds is 2. The quantitative estimate of drug-likeness (QED) is 0.633. The summed E-state index contributed by atoms with van der Waals surface area (Å²) in [7, 11) is 0. The van der Waals surface area contributed by atoms with Crippen LogP contribution in [0.3, 0.4) is 0 Å². The van der Waals surface area contributed by atoms with Crippen molar-refractivity contribution in [2.75, 3.05) is 0 Å². The molecule has 0 aliphatic rings. The van der Waals surface area contributed by atoms with Crippen molar-refractivity contribution in [3.05, 3.63) is 30.7 Å². The van der Waals surface area contributed by atoms with E-state index in [1.54, 1.807) is 12.1 Å². The molecular formula is C9H5N5O2. The van der Waals surface area contributed by atoms with Crippen LogP contribution in [0, 0.1) is 0 Å². The van der Waals surface area contributed by atoms with Crippen molar-refractivity contribution in [3.63, 3.8) is 0 Å². The minimum absolute atomic E-state index is 0.568. The number of aromatic nitrogens is 5. The van der Waals surface area contributed by atoms with Crippen LogP contribution in [0.2, 0.25) is 0 Å². The molecule has 0 saturated carbocycles. The van der Waals surface area contributed by atoms with Crippen LogP contribution in [0.1, 0.15) is 0 Å². The predicted octanol–water partition coefficient (Wildman–Crippen LogP) is 1.18. The molecule has 3 heterocycles. The van der Waals surface area contributed by atoms with Crippen molar-refractivity contribution in [1.82, 2.24) is 25.7 Å². The highest BCUT2D eigenvalue weighted by molar-refractivity contribution is 5.59. The van der Waals surface area contributed by atoms with Gasteiger partial charge in [0.05, 0.1) is 11.4 Å². The highest BCUT2D eigenvalue weighted by atomic mass is 16.5. The maximum absolute atomic E-state index is 4.65. The lowest BCUT2D eigenvalue weighted by Gasteiger charge is -1.96. The summed E-state index contributed by atoms with van der Waals surface area (Å²) in [5.74, 6) is 0. The first-order valence-electron chi connectivity index (χ1n) is 4.45. The molecule has 0 fully saturated rings. The van der Waals surface area contributed by atoms with Crippen molar-refractivity contribution < 1.29 is 9.05 Å². The Bertz CT molecular complexity index is 526. The highest BCUT2D eigenvalue weighted by Crippen LogP contribution is 2.18. The summed E-state index contributed by atoms with van der Waals surface area (Å²) >= 11 is 0. The lowest BCUT2D eigenvalue weighted by molar-refractivity contribution is 0.392. The van der Waals surface area contributed by atoms with Gasteiger partial charge in [-0.3, -0.25) is 0 Å². The molecule has 3 aromatic heterocycles. The Morgan fingerprint density at radius 1 is 0.750 bits per heavy atom. The monoisotopic (exact) mass is 215 g/mol. The van der Waals surface area contributed by atoms with Gasteiger partial charge in [0.2, 0.25) is 0 Å². The van der Waals surface area contributed by atoms with Gasteiger partial charge >= 0.3 is 0 Å². The predicted molar refractivity (Wildman–Crippen MR) is 50.8 cm³/mol. The van der Waals surface area contributed by atoms with E-state index >= 15 is 0 Å². The van der Waals surface area contributed by atoms with E-state index in [1.165, 1.54) is 12.5 Å². The molecule has 16 heavy (non-hydrogen) atoms. The van der Waals surface area contributed by atoms with E-state index in [1.807, 2.05) is 6.07 Å². The van der Waals surface area contributed by atoms with Gasteiger partial charge in [-0.1, -0.05) is 6.07 Å². The first kappa shape index (κ1) is 8.72. The van der Waals surface area contributed by atoms with Crippen molar-refractivity contribution in [3.8, 4) is 22.8 Å². The molecule has 0 aliphatic heterocycles. The average Bonchev–Trinajstić information content (AvgIpc) is 3.03. The van der Waals surface area contributed by atoms with Gasteiger partial charge in [0.15, 0.2) is 23.9 Å². The van der Waals surface area contributed by atoms with E-state index in [2.05, 4.69) is 34.8 Å². The Kier molecular flexibility index (Phi) is 1.93. The van der Waals surface area contributed by atoms with Gasteiger partial charge in [-0.25, -0.2) is 4.98 Å². The zero-order chi connectivity index (χ0) is 10.8. The fraction of sp³-hybridized carbons (Fsp3) is 0. The van der Waals surface area contributed by atoms with E-state index in [0.717, 1.165) is 0 Å². The smallest absolute Gasteiger partial charge is 0.153 e. The molecule has 0 bridgehead atoms. The molecule has 7 nitrogen and oxygen atoms in total. The lowest BCUT2D eigenvalue weighted by atomic mass is 10.2. The second kappa shape index (κ2) is 3.54. The van der Waals surface area contributed by atoms with Crippen LogP contribution < -0.4 is 0 Å². The molecule has 0 aromatic carbocycles. The lowest BCUT2D eigenvalue weighted by Crippen LogP contribution is -1.88. The molecule has 0 radical (unpaired) electrons. The van der Waals surface area contributed by atoms with Crippen molar-refractivity contribution in [2.24, 2.45) is 0 Å². The minimum atomic E-state index is 0.568. The van der Waals surface area contributed by atoms with E-state index in [0.29, 0.717) is 22.8 Å². The zero-order valence-electron chi connectivity index (χ0n) is 7.94. The zero-order valence-corrected chi connectivity index (χ0v) is 7.94. The molecule has 0 amide bonds. The topological polar surface area (TPSA) is 90.7 Å².